The van der Waals surface area contributed by atoms with Crippen molar-refractivity contribution < 1.29 is 0 Å². The average molecular weight is 564 g/mol. The van der Waals surface area contributed by atoms with Crippen molar-refractivity contribution in [2.75, 3.05) is 0 Å². The first-order valence-electron chi connectivity index (χ1n) is 15.4. The number of benzene rings is 4. The predicted octanol–water partition coefficient (Wildman–Crippen LogP) is 5.77. The lowest BCUT2D eigenvalue weighted by Crippen LogP contribution is -2.58. The summed E-state index contributed by atoms with van der Waals surface area (Å²) in [5.41, 5.74) is 22.8. The zero-order chi connectivity index (χ0) is 30.0. The van der Waals surface area contributed by atoms with Gasteiger partial charge in [0.25, 0.3) is 13.4 Å². The van der Waals surface area contributed by atoms with Gasteiger partial charge < -0.3 is 0 Å². The highest BCUT2D eigenvalue weighted by atomic mass is 32.1. The predicted molar refractivity (Wildman–Crippen MR) is 190 cm³/mol. The molecule has 42 heavy (non-hydrogen) atoms. The van der Waals surface area contributed by atoms with Gasteiger partial charge in [0.15, 0.2) is 0 Å². The first-order chi connectivity index (χ1) is 19.9. The van der Waals surface area contributed by atoms with Crippen molar-refractivity contribution in [1.82, 2.24) is 0 Å². The summed E-state index contributed by atoms with van der Waals surface area (Å²) in [6, 6.07) is 24.0. The fourth-order valence-electron chi connectivity index (χ4n) is 8.29. The first-order valence-corrected chi connectivity index (χ1v) is 16.2. The normalized spacial score (nSPS) is 12.4. The molecule has 0 bridgehead atoms. The van der Waals surface area contributed by atoms with Crippen molar-refractivity contribution in [3.63, 3.8) is 0 Å². The fourth-order valence-corrected chi connectivity index (χ4v) is 9.54. The molecule has 0 aliphatic carbocycles. The quantitative estimate of drug-likeness (QED) is 0.239. The number of aryl methyl sites for hydroxylation is 10. The van der Waals surface area contributed by atoms with E-state index in [1.54, 1.807) is 0 Å². The maximum absolute atomic E-state index is 2.45. The van der Waals surface area contributed by atoms with Gasteiger partial charge >= 0.3 is 0 Å². The largest absolute Gasteiger partial charge is 0.255 e. The molecule has 0 N–H and O–H groups in total. The first kappa shape index (κ1) is 28.8. The van der Waals surface area contributed by atoms with Crippen LogP contribution in [0.3, 0.4) is 0 Å². The molecule has 0 radical (unpaired) electrons. The second kappa shape index (κ2) is 10.8. The van der Waals surface area contributed by atoms with E-state index in [9.17, 15) is 0 Å². The van der Waals surface area contributed by atoms with Gasteiger partial charge in [-0.25, -0.2) is 0 Å². The third-order valence-electron chi connectivity index (χ3n) is 9.46. The number of rotatable bonds is 4. The van der Waals surface area contributed by atoms with Gasteiger partial charge in [-0.15, -0.1) is 0 Å². The lowest BCUT2D eigenvalue weighted by atomic mass is 9.34. The Bertz CT molecular complexity index is 1710. The Morgan fingerprint density at radius 3 is 1.31 bits per heavy atom. The van der Waals surface area contributed by atoms with Gasteiger partial charge in [-0.05, 0) is 96.3 Å². The Labute approximate surface area is 258 Å². The summed E-state index contributed by atoms with van der Waals surface area (Å²) in [4.78, 5) is 0. The van der Waals surface area contributed by atoms with Crippen LogP contribution < -0.4 is 31.4 Å². The topological polar surface area (TPSA) is 0 Å². The zero-order valence-electron chi connectivity index (χ0n) is 27.0. The van der Waals surface area contributed by atoms with E-state index >= 15 is 0 Å². The molecule has 210 valence electrons. The third kappa shape index (κ3) is 4.90. The molecule has 5 aromatic rings. The highest BCUT2D eigenvalue weighted by Crippen LogP contribution is 2.22. The van der Waals surface area contributed by atoms with Crippen LogP contribution in [0.25, 0.3) is 0 Å². The van der Waals surface area contributed by atoms with Gasteiger partial charge in [0.2, 0.25) is 0 Å². The van der Waals surface area contributed by atoms with Crippen molar-refractivity contribution in [3.8, 4) is 0 Å². The van der Waals surface area contributed by atoms with Crippen LogP contribution in [0, 0.1) is 69.2 Å². The Morgan fingerprint density at radius 1 is 0.500 bits per heavy atom. The lowest BCUT2D eigenvalue weighted by Gasteiger charge is -2.30. The van der Waals surface area contributed by atoms with Crippen molar-refractivity contribution in [1.29, 1.82) is 0 Å². The van der Waals surface area contributed by atoms with Crippen molar-refractivity contribution in [2.24, 2.45) is 0 Å². The molecule has 0 atom stereocenters. The highest BCUT2D eigenvalue weighted by molar-refractivity contribution is 7.36. The van der Waals surface area contributed by atoms with E-state index in [0.717, 1.165) is 6.42 Å². The summed E-state index contributed by atoms with van der Waals surface area (Å²) in [6.07, 6.45) is 1.02. The van der Waals surface area contributed by atoms with E-state index in [4.69, 9.17) is 0 Å². The van der Waals surface area contributed by atoms with Crippen LogP contribution in [0.5, 0.6) is 0 Å². The van der Waals surface area contributed by atoms with Crippen LogP contribution in [0.15, 0.2) is 60.7 Å². The number of hydrogen-bond acceptors (Lipinski definition) is 1. The Balaban J connectivity index is 1.60. The maximum Gasteiger partial charge on any atom is 0.255 e. The monoisotopic (exact) mass is 564 g/mol. The summed E-state index contributed by atoms with van der Waals surface area (Å²) >= 11 is 2.03. The number of fused-ring (bicyclic) bond motifs is 2. The van der Waals surface area contributed by atoms with Crippen molar-refractivity contribution >= 4 is 56.2 Å². The maximum atomic E-state index is 2.45. The average Bonchev–Trinajstić information content (AvgIpc) is 3.34. The van der Waals surface area contributed by atoms with Gasteiger partial charge in [0.1, 0.15) is 0 Å². The van der Waals surface area contributed by atoms with E-state index in [0.29, 0.717) is 0 Å². The zero-order valence-corrected chi connectivity index (χ0v) is 27.9. The van der Waals surface area contributed by atoms with Gasteiger partial charge in [0, 0.05) is 0 Å². The Kier molecular flexibility index (Phi) is 7.38. The summed E-state index contributed by atoms with van der Waals surface area (Å²) in [6.45, 7) is 23.3. The number of hydrogen-bond donors (Lipinski definition) is 0. The minimum atomic E-state index is 0.214. The summed E-state index contributed by atoms with van der Waals surface area (Å²) in [5, 5.41) is 0. The molecule has 2 heterocycles. The van der Waals surface area contributed by atoms with E-state index < -0.39 is 0 Å². The standard InChI is InChI=1S/C39H42B2S/c1-22-13-26(5)36(27(6)14-22)40(37-28(7)15-23(2)16-29(37)8)34-11-12-35(42-34)41-38-30(9)17-24(3)19-32(38)21-33-20-25(4)18-31(10)39(33)41/h11-20H,21H2,1-10H3. The molecule has 0 saturated heterocycles. The highest BCUT2D eigenvalue weighted by Gasteiger charge is 2.36. The summed E-state index contributed by atoms with van der Waals surface area (Å²) < 4.78 is 2.90. The SMILES string of the molecule is Cc1cc(C)c(B(c2ccc(B3c4c(C)cc(C)cc4Cc4cc(C)cc(C)c43)s2)c2c(C)cc(C)cc2C)c(C)c1. The molecule has 0 unspecified atom stereocenters. The van der Waals surface area contributed by atoms with E-state index in [-0.39, 0.29) is 13.4 Å². The summed E-state index contributed by atoms with van der Waals surface area (Å²) in [5.74, 6) is 0. The van der Waals surface area contributed by atoms with Crippen LogP contribution in [0.1, 0.15) is 66.8 Å². The molecule has 6 rings (SSSR count). The van der Waals surface area contributed by atoms with Crippen LogP contribution in [-0.4, -0.2) is 13.4 Å². The molecule has 1 aromatic heterocycles. The Hall–Kier alpha value is -3.29. The smallest absolute Gasteiger partial charge is 0.163 e. The van der Waals surface area contributed by atoms with Gasteiger partial charge in [-0.1, -0.05) is 138 Å². The lowest BCUT2D eigenvalue weighted by molar-refractivity contribution is 1.17. The molecular weight excluding hydrogens is 522 g/mol. The molecular formula is C39H42B2S. The molecule has 1 aliphatic rings. The second-order valence-electron chi connectivity index (χ2n) is 13.2. The van der Waals surface area contributed by atoms with Gasteiger partial charge in [0.05, 0.1) is 0 Å². The van der Waals surface area contributed by atoms with Crippen molar-refractivity contribution in [2.45, 2.75) is 75.7 Å². The molecule has 0 nitrogen and oxygen atoms in total. The fraction of sp³-hybridized carbons (Fsp3) is 0.282. The molecule has 0 saturated carbocycles. The van der Waals surface area contributed by atoms with Crippen LogP contribution >= 0.6 is 11.3 Å². The minimum absolute atomic E-state index is 0.214. The second-order valence-corrected chi connectivity index (χ2v) is 14.4. The van der Waals surface area contributed by atoms with Gasteiger partial charge in [-0.2, -0.15) is 11.3 Å². The molecule has 3 heteroatoms. The van der Waals surface area contributed by atoms with Crippen LogP contribution in [0.2, 0.25) is 0 Å². The minimum Gasteiger partial charge on any atom is -0.163 e. The van der Waals surface area contributed by atoms with Crippen LogP contribution in [-0.2, 0) is 6.42 Å². The molecule has 0 fully saturated rings. The molecule has 0 amide bonds. The summed E-state index contributed by atoms with van der Waals surface area (Å²) in [7, 11) is 0. The van der Waals surface area contributed by atoms with E-state index in [1.807, 2.05) is 11.3 Å². The molecule has 0 spiro atoms. The van der Waals surface area contributed by atoms with E-state index in [2.05, 4.69) is 130 Å². The molecule has 4 aromatic carbocycles. The number of thiophene rings is 1. The van der Waals surface area contributed by atoms with Gasteiger partial charge in [-0.3, -0.25) is 0 Å². The van der Waals surface area contributed by atoms with Crippen LogP contribution in [0.4, 0.5) is 0 Å². The van der Waals surface area contributed by atoms with Crippen molar-refractivity contribution in [3.05, 3.63) is 127 Å². The third-order valence-corrected chi connectivity index (χ3v) is 10.7. The Morgan fingerprint density at radius 2 is 0.881 bits per heavy atom. The van der Waals surface area contributed by atoms with E-state index in [1.165, 1.54) is 98.2 Å². The molecule has 1 aliphatic heterocycles.